The molecule has 0 radical (unpaired) electrons. The van der Waals surface area contributed by atoms with Gasteiger partial charge in [-0.1, -0.05) is 11.6 Å². The van der Waals surface area contributed by atoms with Gasteiger partial charge in [0.25, 0.3) is 0 Å². The van der Waals surface area contributed by atoms with Gasteiger partial charge in [0.05, 0.1) is 5.02 Å². The normalized spacial score (nSPS) is 18.3. The van der Waals surface area contributed by atoms with E-state index in [4.69, 9.17) is 22.1 Å². The number of piperidine rings is 1. The van der Waals surface area contributed by atoms with Crippen molar-refractivity contribution >= 4 is 11.6 Å². The lowest BCUT2D eigenvalue weighted by molar-refractivity contribution is 0.110. The van der Waals surface area contributed by atoms with Crippen LogP contribution in [0, 0.1) is 0 Å². The lowest BCUT2D eigenvalue weighted by Gasteiger charge is -2.29. The summed E-state index contributed by atoms with van der Waals surface area (Å²) in [6, 6.07) is 1.83. The van der Waals surface area contributed by atoms with E-state index >= 15 is 0 Å². The lowest BCUT2D eigenvalue weighted by Crippen LogP contribution is -2.35. The number of likely N-dealkylation sites (tertiary alicyclic amines) is 1. The first-order chi connectivity index (χ1) is 8.19. The molecule has 0 spiro atoms. The minimum atomic E-state index is 0.255. The highest BCUT2D eigenvalue weighted by Gasteiger charge is 2.18. The Labute approximate surface area is 107 Å². The fourth-order valence-electron chi connectivity index (χ4n) is 1.95. The van der Waals surface area contributed by atoms with E-state index < -0.39 is 0 Å². The maximum absolute atomic E-state index is 5.95. The van der Waals surface area contributed by atoms with Gasteiger partial charge in [0.2, 0.25) is 5.88 Å². The third-order valence-corrected chi connectivity index (χ3v) is 3.42. The zero-order valence-corrected chi connectivity index (χ0v) is 10.8. The van der Waals surface area contributed by atoms with Crippen molar-refractivity contribution in [3.8, 4) is 5.88 Å². The minimum absolute atomic E-state index is 0.255. The van der Waals surface area contributed by atoms with Crippen LogP contribution >= 0.6 is 11.6 Å². The molecule has 17 heavy (non-hydrogen) atoms. The highest BCUT2D eigenvalue weighted by Crippen LogP contribution is 2.21. The molecule has 1 aliphatic heterocycles. The molecule has 0 aliphatic carbocycles. The second-order valence-electron chi connectivity index (χ2n) is 4.44. The second kappa shape index (κ2) is 5.67. The maximum Gasteiger partial charge on any atom is 0.213 e. The maximum atomic E-state index is 5.95. The summed E-state index contributed by atoms with van der Waals surface area (Å²) in [6.07, 6.45) is 3.94. The standard InChI is InChI=1S/C12H18ClN3O/c1-16-4-2-10(3-5-16)17-12-6-9(7-14)11(13)8-15-12/h6,8,10H,2-5,7,14H2,1H3. The van der Waals surface area contributed by atoms with Crippen molar-refractivity contribution in [2.45, 2.75) is 25.5 Å². The Morgan fingerprint density at radius 1 is 1.53 bits per heavy atom. The fourth-order valence-corrected chi connectivity index (χ4v) is 2.13. The van der Waals surface area contributed by atoms with Gasteiger partial charge in [-0.05, 0) is 25.5 Å². The van der Waals surface area contributed by atoms with E-state index in [1.54, 1.807) is 6.20 Å². The number of nitrogens with two attached hydrogens (primary N) is 1. The van der Waals surface area contributed by atoms with E-state index in [9.17, 15) is 0 Å². The predicted octanol–water partition coefficient (Wildman–Crippen LogP) is 1.67. The largest absolute Gasteiger partial charge is 0.474 e. The van der Waals surface area contributed by atoms with E-state index in [-0.39, 0.29) is 6.10 Å². The van der Waals surface area contributed by atoms with Gasteiger partial charge in [-0.3, -0.25) is 0 Å². The Kier molecular flexibility index (Phi) is 4.20. The fraction of sp³-hybridized carbons (Fsp3) is 0.583. The van der Waals surface area contributed by atoms with Crippen LogP contribution in [0.5, 0.6) is 5.88 Å². The molecule has 2 heterocycles. The average Bonchev–Trinajstić information content (AvgIpc) is 2.34. The number of rotatable bonds is 3. The number of aromatic nitrogens is 1. The van der Waals surface area contributed by atoms with E-state index in [0.717, 1.165) is 31.5 Å². The van der Waals surface area contributed by atoms with Crippen molar-refractivity contribution in [2.24, 2.45) is 5.73 Å². The molecule has 94 valence electrons. The summed E-state index contributed by atoms with van der Waals surface area (Å²) >= 11 is 5.95. The summed E-state index contributed by atoms with van der Waals surface area (Å²) in [6.45, 7) is 2.55. The lowest BCUT2D eigenvalue weighted by atomic mass is 10.1. The third kappa shape index (κ3) is 3.31. The van der Waals surface area contributed by atoms with Gasteiger partial charge in [-0.15, -0.1) is 0 Å². The Hall–Kier alpha value is -0.840. The van der Waals surface area contributed by atoms with Crippen LogP contribution in [-0.4, -0.2) is 36.1 Å². The molecule has 1 aliphatic rings. The molecule has 1 fully saturated rings. The molecule has 4 nitrogen and oxygen atoms in total. The Morgan fingerprint density at radius 2 is 2.24 bits per heavy atom. The zero-order chi connectivity index (χ0) is 12.3. The van der Waals surface area contributed by atoms with E-state index in [1.165, 1.54) is 0 Å². The monoisotopic (exact) mass is 255 g/mol. The van der Waals surface area contributed by atoms with Crippen molar-refractivity contribution in [1.82, 2.24) is 9.88 Å². The number of hydrogen-bond donors (Lipinski definition) is 1. The Bertz CT molecular complexity index is 378. The molecule has 0 aromatic carbocycles. The second-order valence-corrected chi connectivity index (χ2v) is 4.85. The van der Waals surface area contributed by atoms with Crippen LogP contribution in [0.25, 0.3) is 0 Å². The molecular weight excluding hydrogens is 238 g/mol. The third-order valence-electron chi connectivity index (χ3n) is 3.08. The van der Waals surface area contributed by atoms with Gasteiger partial charge in [-0.25, -0.2) is 4.98 Å². The van der Waals surface area contributed by atoms with Crippen molar-refractivity contribution in [3.63, 3.8) is 0 Å². The Balaban J connectivity index is 1.99. The van der Waals surface area contributed by atoms with Crippen LogP contribution < -0.4 is 10.5 Å². The van der Waals surface area contributed by atoms with Gasteiger partial charge >= 0.3 is 0 Å². The molecule has 2 N–H and O–H groups in total. The molecule has 2 rings (SSSR count). The first kappa shape index (κ1) is 12.6. The first-order valence-electron chi connectivity index (χ1n) is 5.88. The molecule has 0 saturated carbocycles. The van der Waals surface area contributed by atoms with Crippen LogP contribution in [0.3, 0.4) is 0 Å². The van der Waals surface area contributed by atoms with Crippen molar-refractivity contribution < 1.29 is 4.74 Å². The zero-order valence-electron chi connectivity index (χ0n) is 10.0. The molecule has 1 saturated heterocycles. The summed E-state index contributed by atoms with van der Waals surface area (Å²) in [5.74, 6) is 0.629. The van der Waals surface area contributed by atoms with Crippen LogP contribution in [-0.2, 0) is 6.54 Å². The predicted molar refractivity (Wildman–Crippen MR) is 68.3 cm³/mol. The van der Waals surface area contributed by atoms with E-state index in [1.807, 2.05) is 6.07 Å². The van der Waals surface area contributed by atoms with Crippen molar-refractivity contribution in [2.75, 3.05) is 20.1 Å². The summed E-state index contributed by atoms with van der Waals surface area (Å²) < 4.78 is 5.85. The van der Waals surface area contributed by atoms with Crippen LogP contribution in [0.1, 0.15) is 18.4 Å². The SMILES string of the molecule is CN1CCC(Oc2cc(CN)c(Cl)cn2)CC1. The molecule has 0 bridgehead atoms. The number of hydrogen-bond acceptors (Lipinski definition) is 4. The highest BCUT2D eigenvalue weighted by atomic mass is 35.5. The average molecular weight is 256 g/mol. The molecule has 0 unspecified atom stereocenters. The van der Waals surface area contributed by atoms with Crippen LogP contribution in [0.15, 0.2) is 12.3 Å². The number of pyridine rings is 1. The minimum Gasteiger partial charge on any atom is -0.474 e. The van der Waals surface area contributed by atoms with Gasteiger partial charge in [0.1, 0.15) is 6.10 Å². The van der Waals surface area contributed by atoms with Crippen LogP contribution in [0.4, 0.5) is 0 Å². The van der Waals surface area contributed by atoms with Crippen LogP contribution in [0.2, 0.25) is 5.02 Å². The number of ether oxygens (including phenoxy) is 1. The van der Waals surface area contributed by atoms with Crippen molar-refractivity contribution in [3.05, 3.63) is 22.8 Å². The van der Waals surface area contributed by atoms with Crippen molar-refractivity contribution in [1.29, 1.82) is 0 Å². The summed E-state index contributed by atoms with van der Waals surface area (Å²) in [4.78, 5) is 6.48. The molecule has 5 heteroatoms. The highest BCUT2D eigenvalue weighted by molar-refractivity contribution is 6.31. The first-order valence-corrected chi connectivity index (χ1v) is 6.26. The van der Waals surface area contributed by atoms with Gasteiger partial charge in [0, 0.05) is 31.9 Å². The smallest absolute Gasteiger partial charge is 0.213 e. The number of halogens is 1. The molecule has 0 atom stereocenters. The van der Waals surface area contributed by atoms with E-state index in [0.29, 0.717) is 17.4 Å². The number of nitrogens with zero attached hydrogens (tertiary/aromatic N) is 2. The summed E-state index contributed by atoms with van der Waals surface area (Å²) in [5, 5.41) is 0.600. The topological polar surface area (TPSA) is 51.4 Å². The molecule has 0 amide bonds. The van der Waals surface area contributed by atoms with Gasteiger partial charge in [0.15, 0.2) is 0 Å². The van der Waals surface area contributed by atoms with E-state index in [2.05, 4.69) is 16.9 Å². The molecular formula is C12H18ClN3O. The summed E-state index contributed by atoms with van der Waals surface area (Å²) in [5.41, 5.74) is 6.48. The molecule has 1 aromatic heterocycles. The van der Waals surface area contributed by atoms with Gasteiger partial charge in [-0.2, -0.15) is 0 Å². The van der Waals surface area contributed by atoms with Gasteiger partial charge < -0.3 is 15.4 Å². The Morgan fingerprint density at radius 3 is 2.88 bits per heavy atom. The quantitative estimate of drug-likeness (QED) is 0.893. The molecule has 1 aromatic rings. The summed E-state index contributed by atoms with van der Waals surface area (Å²) in [7, 11) is 2.13.